The average molecular weight is 209 g/mol. The lowest BCUT2D eigenvalue weighted by Gasteiger charge is -2.10. The van der Waals surface area contributed by atoms with Gasteiger partial charge < -0.3 is 14.9 Å². The van der Waals surface area contributed by atoms with Crippen molar-refractivity contribution >= 4 is 5.82 Å². The number of hydrogen-bond donors (Lipinski definition) is 2. The zero-order valence-corrected chi connectivity index (χ0v) is 8.48. The van der Waals surface area contributed by atoms with Crippen LogP contribution in [0.5, 0.6) is 0 Å². The summed E-state index contributed by atoms with van der Waals surface area (Å²) in [4.78, 5) is 4.02. The fourth-order valence-electron chi connectivity index (χ4n) is 1.50. The standard InChI is InChI=1S/C10H15N3O2/c11-13-10-5-8(1-3-12-10)6-15-9-2-4-14-7-9/h1,3,5,9H,2,4,6-7,11H2,(H,12,13). The second-order valence-electron chi connectivity index (χ2n) is 3.49. The maximum Gasteiger partial charge on any atom is 0.140 e. The number of nitrogens with one attached hydrogen (secondary N) is 1. The molecule has 3 N–H and O–H groups in total. The van der Waals surface area contributed by atoms with E-state index in [2.05, 4.69) is 10.4 Å². The lowest BCUT2D eigenvalue weighted by molar-refractivity contribution is 0.0317. The molecule has 2 rings (SSSR count). The molecule has 0 radical (unpaired) electrons. The molecular weight excluding hydrogens is 194 g/mol. The summed E-state index contributed by atoms with van der Waals surface area (Å²) in [5.74, 6) is 5.92. The number of nitrogens with zero attached hydrogens (tertiary/aromatic N) is 1. The van der Waals surface area contributed by atoms with Crippen LogP contribution in [0.15, 0.2) is 18.3 Å². The molecule has 0 aliphatic carbocycles. The van der Waals surface area contributed by atoms with Crippen LogP contribution in [0.2, 0.25) is 0 Å². The van der Waals surface area contributed by atoms with Gasteiger partial charge in [-0.25, -0.2) is 10.8 Å². The number of aromatic nitrogens is 1. The Labute approximate surface area is 88.6 Å². The highest BCUT2D eigenvalue weighted by molar-refractivity contribution is 5.35. The van der Waals surface area contributed by atoms with Crippen molar-refractivity contribution in [1.82, 2.24) is 4.98 Å². The molecule has 1 fully saturated rings. The molecule has 0 saturated carbocycles. The Balaban J connectivity index is 1.86. The minimum absolute atomic E-state index is 0.229. The van der Waals surface area contributed by atoms with Crippen molar-refractivity contribution in [2.75, 3.05) is 18.6 Å². The van der Waals surface area contributed by atoms with Crippen LogP contribution in [0.4, 0.5) is 5.82 Å². The Bertz CT molecular complexity index is 313. The van der Waals surface area contributed by atoms with E-state index in [9.17, 15) is 0 Å². The van der Waals surface area contributed by atoms with E-state index in [1.54, 1.807) is 6.20 Å². The molecule has 0 aromatic carbocycles. The Morgan fingerprint density at radius 2 is 2.60 bits per heavy atom. The SMILES string of the molecule is NNc1cc(COC2CCOC2)ccn1. The van der Waals surface area contributed by atoms with Gasteiger partial charge in [-0.1, -0.05) is 0 Å². The molecular formula is C10H15N3O2. The molecule has 0 spiro atoms. The summed E-state index contributed by atoms with van der Waals surface area (Å²) in [6.45, 7) is 2.08. The monoisotopic (exact) mass is 209 g/mol. The summed E-state index contributed by atoms with van der Waals surface area (Å²) in [5.41, 5.74) is 3.56. The first-order valence-electron chi connectivity index (χ1n) is 4.99. The number of pyridine rings is 1. The van der Waals surface area contributed by atoms with Crippen molar-refractivity contribution in [3.05, 3.63) is 23.9 Å². The van der Waals surface area contributed by atoms with Gasteiger partial charge >= 0.3 is 0 Å². The highest BCUT2D eigenvalue weighted by Crippen LogP contribution is 2.12. The van der Waals surface area contributed by atoms with E-state index in [1.807, 2.05) is 12.1 Å². The zero-order chi connectivity index (χ0) is 10.5. The van der Waals surface area contributed by atoms with E-state index >= 15 is 0 Å². The van der Waals surface area contributed by atoms with Gasteiger partial charge in [-0.15, -0.1) is 0 Å². The van der Waals surface area contributed by atoms with E-state index in [1.165, 1.54) is 0 Å². The topological polar surface area (TPSA) is 69.4 Å². The van der Waals surface area contributed by atoms with Gasteiger partial charge in [-0.3, -0.25) is 0 Å². The quantitative estimate of drug-likeness (QED) is 0.563. The largest absolute Gasteiger partial charge is 0.379 e. The van der Waals surface area contributed by atoms with Crippen LogP contribution in [0.25, 0.3) is 0 Å². The van der Waals surface area contributed by atoms with Gasteiger partial charge in [0.2, 0.25) is 0 Å². The predicted octanol–water partition coefficient (Wildman–Crippen LogP) is 0.673. The minimum atomic E-state index is 0.229. The molecule has 1 atom stereocenters. The molecule has 1 aromatic heterocycles. The van der Waals surface area contributed by atoms with Crippen molar-refractivity contribution in [2.24, 2.45) is 5.84 Å². The van der Waals surface area contributed by atoms with Crippen LogP contribution >= 0.6 is 0 Å². The van der Waals surface area contributed by atoms with Gasteiger partial charge in [-0.2, -0.15) is 0 Å². The Kier molecular flexibility index (Phi) is 3.49. The van der Waals surface area contributed by atoms with Crippen LogP contribution in [0, 0.1) is 0 Å². The van der Waals surface area contributed by atoms with E-state index in [4.69, 9.17) is 15.3 Å². The van der Waals surface area contributed by atoms with Gasteiger partial charge in [0.05, 0.1) is 19.3 Å². The van der Waals surface area contributed by atoms with Gasteiger partial charge in [0.15, 0.2) is 0 Å². The molecule has 1 saturated heterocycles. The van der Waals surface area contributed by atoms with Gasteiger partial charge in [-0.05, 0) is 24.1 Å². The maximum atomic E-state index is 5.67. The molecule has 1 aliphatic heterocycles. The molecule has 1 unspecified atom stereocenters. The Morgan fingerprint density at radius 3 is 3.33 bits per heavy atom. The average Bonchev–Trinajstić information content (AvgIpc) is 2.79. The highest BCUT2D eigenvalue weighted by atomic mass is 16.5. The van der Waals surface area contributed by atoms with Crippen LogP contribution in [-0.2, 0) is 16.1 Å². The Hall–Kier alpha value is -1.17. The number of nitrogens with two attached hydrogens (primary N) is 1. The molecule has 2 heterocycles. The predicted molar refractivity (Wildman–Crippen MR) is 56.1 cm³/mol. The maximum absolute atomic E-state index is 5.67. The molecule has 1 aliphatic rings. The van der Waals surface area contributed by atoms with E-state index in [0.29, 0.717) is 19.0 Å². The molecule has 15 heavy (non-hydrogen) atoms. The van der Waals surface area contributed by atoms with Crippen molar-refractivity contribution in [2.45, 2.75) is 19.1 Å². The third kappa shape index (κ3) is 2.89. The smallest absolute Gasteiger partial charge is 0.140 e. The van der Waals surface area contributed by atoms with Gasteiger partial charge in [0.25, 0.3) is 0 Å². The lowest BCUT2D eigenvalue weighted by Crippen LogP contribution is -2.12. The summed E-state index contributed by atoms with van der Waals surface area (Å²) in [5, 5.41) is 0. The van der Waals surface area contributed by atoms with E-state index in [0.717, 1.165) is 18.6 Å². The van der Waals surface area contributed by atoms with Crippen LogP contribution < -0.4 is 11.3 Å². The fourth-order valence-corrected chi connectivity index (χ4v) is 1.50. The number of hydrazine groups is 1. The number of rotatable bonds is 4. The summed E-state index contributed by atoms with van der Waals surface area (Å²) < 4.78 is 10.9. The summed E-state index contributed by atoms with van der Waals surface area (Å²) >= 11 is 0. The molecule has 0 amide bonds. The van der Waals surface area contributed by atoms with E-state index < -0.39 is 0 Å². The number of ether oxygens (including phenoxy) is 2. The Morgan fingerprint density at radius 1 is 1.67 bits per heavy atom. The van der Waals surface area contributed by atoms with Crippen molar-refractivity contribution in [3.63, 3.8) is 0 Å². The van der Waals surface area contributed by atoms with Crippen molar-refractivity contribution < 1.29 is 9.47 Å². The normalized spacial score (nSPS) is 20.5. The summed E-state index contributed by atoms with van der Waals surface area (Å²) in [6, 6.07) is 3.78. The fraction of sp³-hybridized carbons (Fsp3) is 0.500. The minimum Gasteiger partial charge on any atom is -0.379 e. The van der Waals surface area contributed by atoms with Crippen LogP contribution in [0.1, 0.15) is 12.0 Å². The van der Waals surface area contributed by atoms with E-state index in [-0.39, 0.29) is 6.10 Å². The number of anilines is 1. The molecule has 82 valence electrons. The lowest BCUT2D eigenvalue weighted by atomic mass is 10.2. The number of hydrogen-bond acceptors (Lipinski definition) is 5. The summed E-state index contributed by atoms with van der Waals surface area (Å²) in [7, 11) is 0. The number of nitrogen functional groups attached to an aromatic ring is 1. The summed E-state index contributed by atoms with van der Waals surface area (Å²) in [6.07, 6.45) is 2.92. The zero-order valence-electron chi connectivity index (χ0n) is 8.48. The first-order chi connectivity index (χ1) is 7.38. The van der Waals surface area contributed by atoms with Crippen LogP contribution in [0.3, 0.4) is 0 Å². The highest BCUT2D eigenvalue weighted by Gasteiger charge is 2.15. The molecule has 5 heteroatoms. The second kappa shape index (κ2) is 5.06. The first kappa shape index (κ1) is 10.4. The molecule has 0 bridgehead atoms. The molecule has 1 aromatic rings. The van der Waals surface area contributed by atoms with Gasteiger partial charge in [0.1, 0.15) is 5.82 Å². The van der Waals surface area contributed by atoms with Crippen molar-refractivity contribution in [1.29, 1.82) is 0 Å². The van der Waals surface area contributed by atoms with Crippen LogP contribution in [-0.4, -0.2) is 24.3 Å². The van der Waals surface area contributed by atoms with Crippen molar-refractivity contribution in [3.8, 4) is 0 Å². The molecule has 5 nitrogen and oxygen atoms in total. The third-order valence-corrected chi connectivity index (χ3v) is 2.35. The third-order valence-electron chi connectivity index (χ3n) is 2.35. The van der Waals surface area contributed by atoms with Gasteiger partial charge in [0, 0.05) is 12.8 Å². The second-order valence-corrected chi connectivity index (χ2v) is 3.49. The first-order valence-corrected chi connectivity index (χ1v) is 4.99.